The smallest absolute Gasteiger partial charge is 0.408 e. The molecular weight excluding hydrogens is 919 g/mol. The van der Waals surface area contributed by atoms with Crippen molar-refractivity contribution >= 4 is 46.5 Å². The number of fused-ring (bicyclic) bond motifs is 1. The Labute approximate surface area is 415 Å². The maximum atomic E-state index is 14.8. The van der Waals surface area contributed by atoms with Crippen molar-refractivity contribution in [2.75, 3.05) is 6.61 Å². The lowest BCUT2D eigenvalue weighted by atomic mass is 10.0. The molecule has 0 aliphatic heterocycles. The van der Waals surface area contributed by atoms with E-state index < -0.39 is 65.8 Å². The second-order valence-electron chi connectivity index (χ2n) is 17.0. The van der Waals surface area contributed by atoms with E-state index in [2.05, 4.69) is 41.5 Å². The number of hydrogen-bond donors (Lipinski definition) is 8. The number of aromatic nitrogens is 3. The highest BCUT2D eigenvalue weighted by Gasteiger charge is 2.33. The van der Waals surface area contributed by atoms with Gasteiger partial charge in [0.25, 0.3) is 0 Å². The Balaban J connectivity index is 1.15. The molecule has 372 valence electrons. The fourth-order valence-electron chi connectivity index (χ4n) is 7.56. The number of carbonyl (C=O) groups excluding carboxylic acids is 6. The second kappa shape index (κ2) is 25.8. The van der Waals surface area contributed by atoms with Gasteiger partial charge in [-0.15, -0.1) is 0 Å². The van der Waals surface area contributed by atoms with Gasteiger partial charge < -0.3 is 51.2 Å². The first-order valence-corrected chi connectivity index (χ1v) is 23.4. The van der Waals surface area contributed by atoms with Gasteiger partial charge in [0.2, 0.25) is 29.5 Å². The number of nitrogens with two attached hydrogens (primary N) is 1. The molecule has 0 radical (unpaired) electrons. The zero-order chi connectivity index (χ0) is 50.7. The van der Waals surface area contributed by atoms with Crippen molar-refractivity contribution in [3.8, 4) is 5.75 Å². The predicted octanol–water partition coefficient (Wildman–Crippen LogP) is 4.45. The fourth-order valence-corrected chi connectivity index (χ4v) is 7.56. The van der Waals surface area contributed by atoms with Crippen LogP contribution in [0.2, 0.25) is 0 Å². The molecule has 6 amide bonds. The third-order valence-corrected chi connectivity index (χ3v) is 11.5. The SMILES string of the molecule is C[C@@H](N)C(=O)NC(=O)C(Cc1c[nH]c2ccccc12)NC(=O)[C@H](COCc1ccccc1)NC(=O)[C@H](Cc1ccc(OCc2ccccc2)cc1)NC(=O)[C@H](Cc1c[nH]cn1)NC(=O)OCc1ccccc1. The van der Waals surface area contributed by atoms with Crippen molar-refractivity contribution in [3.63, 3.8) is 0 Å². The molecule has 0 bridgehead atoms. The summed E-state index contributed by atoms with van der Waals surface area (Å²) in [5.41, 5.74) is 10.8. The van der Waals surface area contributed by atoms with E-state index in [1.165, 1.54) is 13.3 Å². The van der Waals surface area contributed by atoms with E-state index in [4.69, 9.17) is 19.9 Å². The molecule has 7 aromatic rings. The molecule has 1 unspecified atom stereocenters. The van der Waals surface area contributed by atoms with Gasteiger partial charge in [-0.05, 0) is 52.9 Å². The van der Waals surface area contributed by atoms with Crippen molar-refractivity contribution in [3.05, 3.63) is 192 Å². The summed E-state index contributed by atoms with van der Waals surface area (Å²) in [5.74, 6) is -3.40. The van der Waals surface area contributed by atoms with Crippen molar-refractivity contribution < 1.29 is 43.0 Å². The maximum Gasteiger partial charge on any atom is 0.408 e. The molecule has 18 nitrogen and oxygen atoms in total. The van der Waals surface area contributed by atoms with Crippen LogP contribution in [0.1, 0.15) is 40.4 Å². The number of amides is 6. The Hall–Kier alpha value is -8.61. The minimum atomic E-state index is -1.46. The van der Waals surface area contributed by atoms with E-state index in [-0.39, 0.29) is 39.1 Å². The molecule has 0 spiro atoms. The first kappa shape index (κ1) is 51.2. The topological polar surface area (TPSA) is 261 Å². The normalized spacial score (nSPS) is 13.1. The summed E-state index contributed by atoms with van der Waals surface area (Å²) in [7, 11) is 0. The Bertz CT molecular complexity index is 2860. The van der Waals surface area contributed by atoms with E-state index in [0.29, 0.717) is 29.2 Å². The molecule has 2 aromatic heterocycles. The number of alkyl carbamates (subject to hydrolysis) is 1. The number of para-hydroxylation sites is 1. The number of hydrogen-bond acceptors (Lipinski definition) is 11. The molecule has 5 aromatic carbocycles. The summed E-state index contributed by atoms with van der Waals surface area (Å²) in [5, 5.41) is 14.0. The first-order chi connectivity index (χ1) is 35.0. The van der Waals surface area contributed by atoms with Crippen LogP contribution in [0.4, 0.5) is 4.79 Å². The lowest BCUT2D eigenvalue weighted by Crippen LogP contribution is -2.60. The largest absolute Gasteiger partial charge is 0.489 e. The molecule has 7 rings (SSSR count). The van der Waals surface area contributed by atoms with Gasteiger partial charge in [-0.3, -0.25) is 29.3 Å². The standard InChI is InChI=1S/C54H57N9O9/c1-35(55)49(64)63-52(67)46(26-40-28-57-44-20-12-11-19-43(40)44)60-53(68)48(33-70-30-37-13-5-2-6-14-37)61-50(65)45(25-36-21-23-42(24-22-36)71-31-38-15-7-3-8-16-38)59-51(66)47(27-41-29-56-34-58-41)62-54(69)72-32-39-17-9-4-10-18-39/h2-24,28-29,34-35,45-48,57H,25-27,30-33,55H2,1H3,(H,56,58)(H,59,66)(H,60,68)(H,61,65)(H,62,69)(H,63,64,67)/t35-,45+,46?,47+,48+/m1/s1. The highest BCUT2D eigenvalue weighted by Crippen LogP contribution is 2.20. The Morgan fingerprint density at radius 3 is 1.74 bits per heavy atom. The maximum absolute atomic E-state index is 14.8. The monoisotopic (exact) mass is 975 g/mol. The fraction of sp³-hybridized carbons (Fsp3) is 0.241. The molecule has 72 heavy (non-hydrogen) atoms. The predicted molar refractivity (Wildman–Crippen MR) is 267 cm³/mol. The lowest BCUT2D eigenvalue weighted by molar-refractivity contribution is -0.137. The van der Waals surface area contributed by atoms with Gasteiger partial charge in [-0.25, -0.2) is 9.78 Å². The minimum absolute atomic E-state index is 0.0543. The molecule has 0 saturated heterocycles. The van der Waals surface area contributed by atoms with Gasteiger partial charge in [0.05, 0.1) is 31.3 Å². The average Bonchev–Trinajstić information content (AvgIpc) is 4.08. The zero-order valence-electron chi connectivity index (χ0n) is 39.5. The Morgan fingerprint density at radius 1 is 0.556 bits per heavy atom. The number of benzene rings is 5. The van der Waals surface area contributed by atoms with Crippen LogP contribution in [0, 0.1) is 0 Å². The summed E-state index contributed by atoms with van der Waals surface area (Å²) in [6, 6.07) is 35.7. The second-order valence-corrected chi connectivity index (χ2v) is 17.0. The molecule has 0 saturated carbocycles. The zero-order valence-corrected chi connectivity index (χ0v) is 39.5. The van der Waals surface area contributed by atoms with Crippen molar-refractivity contribution in [1.29, 1.82) is 0 Å². The van der Waals surface area contributed by atoms with Gasteiger partial charge in [-0.2, -0.15) is 0 Å². The summed E-state index contributed by atoms with van der Waals surface area (Å²) >= 11 is 0. The van der Waals surface area contributed by atoms with Crippen molar-refractivity contribution in [1.82, 2.24) is 41.5 Å². The van der Waals surface area contributed by atoms with Crippen LogP contribution >= 0.6 is 0 Å². The quantitative estimate of drug-likeness (QED) is 0.0420. The van der Waals surface area contributed by atoms with Crippen LogP contribution in [-0.4, -0.2) is 87.4 Å². The van der Waals surface area contributed by atoms with E-state index in [0.717, 1.165) is 27.6 Å². The average molecular weight is 976 g/mol. The highest BCUT2D eigenvalue weighted by atomic mass is 16.5. The molecule has 2 heterocycles. The number of nitrogens with one attached hydrogen (secondary N) is 7. The number of carbonyl (C=O) groups is 6. The van der Waals surface area contributed by atoms with Gasteiger partial charge in [-0.1, -0.05) is 121 Å². The third kappa shape index (κ3) is 15.4. The number of nitrogens with zero attached hydrogens (tertiary/aromatic N) is 1. The van der Waals surface area contributed by atoms with Crippen LogP contribution < -0.4 is 37.1 Å². The number of imide groups is 1. The molecule has 0 aliphatic carbocycles. The molecule has 0 aliphatic rings. The van der Waals surface area contributed by atoms with Crippen LogP contribution in [0.25, 0.3) is 10.9 Å². The number of H-pyrrole nitrogens is 2. The number of aromatic amines is 2. The first-order valence-electron chi connectivity index (χ1n) is 23.4. The van der Waals surface area contributed by atoms with Crippen LogP contribution in [-0.2, 0) is 72.5 Å². The van der Waals surface area contributed by atoms with E-state index >= 15 is 0 Å². The molecule has 0 fully saturated rings. The van der Waals surface area contributed by atoms with Crippen LogP contribution in [0.3, 0.4) is 0 Å². The van der Waals surface area contributed by atoms with Crippen molar-refractivity contribution in [2.45, 2.75) is 76.2 Å². The summed E-state index contributed by atoms with van der Waals surface area (Å²) in [4.78, 5) is 93.7. The molecule has 5 atom stereocenters. The van der Waals surface area contributed by atoms with Gasteiger partial charge in [0, 0.05) is 42.6 Å². The van der Waals surface area contributed by atoms with Gasteiger partial charge in [0.1, 0.15) is 43.1 Å². The highest BCUT2D eigenvalue weighted by molar-refractivity contribution is 6.02. The third-order valence-electron chi connectivity index (χ3n) is 11.5. The van der Waals surface area contributed by atoms with Crippen LogP contribution in [0.5, 0.6) is 5.75 Å². The summed E-state index contributed by atoms with van der Waals surface area (Å²) in [6.45, 7) is 1.35. The molecular formula is C54H57N9O9. The van der Waals surface area contributed by atoms with Crippen molar-refractivity contribution in [2.24, 2.45) is 5.73 Å². The Kier molecular flexibility index (Phi) is 18.4. The van der Waals surface area contributed by atoms with Gasteiger partial charge in [0.15, 0.2) is 0 Å². The minimum Gasteiger partial charge on any atom is -0.489 e. The number of rotatable bonds is 24. The lowest BCUT2D eigenvalue weighted by Gasteiger charge is -2.26. The van der Waals surface area contributed by atoms with E-state index in [9.17, 15) is 28.8 Å². The van der Waals surface area contributed by atoms with E-state index in [1.54, 1.807) is 60.9 Å². The number of ether oxygens (including phenoxy) is 3. The van der Waals surface area contributed by atoms with Crippen LogP contribution in [0.15, 0.2) is 158 Å². The van der Waals surface area contributed by atoms with Gasteiger partial charge >= 0.3 is 6.09 Å². The Morgan fingerprint density at radius 2 is 1.11 bits per heavy atom. The molecule has 18 heteroatoms. The summed E-state index contributed by atoms with van der Waals surface area (Å²) in [6.07, 6.45) is 3.59. The molecule has 9 N–H and O–H groups in total. The summed E-state index contributed by atoms with van der Waals surface area (Å²) < 4.78 is 17.5. The van der Waals surface area contributed by atoms with E-state index in [1.807, 2.05) is 91.0 Å². The number of imidazole rings is 1.